The molecule has 7 nitrogen and oxygen atoms in total. The molecule has 0 aliphatic carbocycles. The third-order valence-electron chi connectivity index (χ3n) is 4.38. The van der Waals surface area contributed by atoms with E-state index >= 15 is 0 Å². The van der Waals surface area contributed by atoms with Crippen LogP contribution in [0.5, 0.6) is 0 Å². The van der Waals surface area contributed by atoms with Gasteiger partial charge in [0.25, 0.3) is 5.91 Å². The van der Waals surface area contributed by atoms with Gasteiger partial charge in [0, 0.05) is 12.2 Å². The average Bonchev–Trinajstić information content (AvgIpc) is 2.71. The maximum atomic E-state index is 12.8. The van der Waals surface area contributed by atoms with Crippen molar-refractivity contribution in [3.05, 3.63) is 77.3 Å². The molecule has 2 amide bonds. The summed E-state index contributed by atoms with van der Waals surface area (Å²) in [7, 11) is -3.47. The predicted octanol–water partition coefficient (Wildman–Crippen LogP) is 3.34. The minimum Gasteiger partial charge on any atom is -0.340 e. The van der Waals surface area contributed by atoms with Crippen LogP contribution in [0.25, 0.3) is 0 Å². The van der Waals surface area contributed by atoms with Gasteiger partial charge in [0.2, 0.25) is 15.9 Å². The van der Waals surface area contributed by atoms with E-state index in [-0.39, 0.29) is 24.1 Å². The van der Waals surface area contributed by atoms with Gasteiger partial charge in [-0.2, -0.15) is 0 Å². The fourth-order valence-corrected chi connectivity index (χ4v) is 4.09. The molecular weight excluding hydrogens is 438 g/mol. The van der Waals surface area contributed by atoms with Gasteiger partial charge in [-0.05, 0) is 35.7 Å². The second kappa shape index (κ2) is 11.1. The SMILES string of the molecule is C=CCNS(=O)(=O)Cc1ccc(NC(=O)C(NC(=O)c2ccccc2Cl)C(C)C)cc1. The summed E-state index contributed by atoms with van der Waals surface area (Å²) in [6.07, 6.45) is 1.46. The van der Waals surface area contributed by atoms with E-state index in [1.165, 1.54) is 6.08 Å². The molecule has 2 rings (SSSR count). The Morgan fingerprint density at radius 3 is 2.32 bits per heavy atom. The van der Waals surface area contributed by atoms with Gasteiger partial charge >= 0.3 is 0 Å². The highest BCUT2D eigenvalue weighted by atomic mass is 35.5. The number of carbonyl (C=O) groups excluding carboxylic acids is 2. The first-order valence-electron chi connectivity index (χ1n) is 9.66. The number of anilines is 1. The summed E-state index contributed by atoms with van der Waals surface area (Å²) in [6, 6.07) is 12.3. The Labute approximate surface area is 187 Å². The van der Waals surface area contributed by atoms with Crippen LogP contribution in [0.1, 0.15) is 29.8 Å². The Balaban J connectivity index is 2.05. The van der Waals surface area contributed by atoms with E-state index in [1.807, 2.05) is 13.8 Å². The molecule has 0 bridgehead atoms. The highest BCUT2D eigenvalue weighted by Crippen LogP contribution is 2.17. The Hall–Kier alpha value is -2.68. The van der Waals surface area contributed by atoms with Crippen LogP contribution < -0.4 is 15.4 Å². The molecule has 0 heterocycles. The molecule has 0 spiro atoms. The third kappa shape index (κ3) is 7.50. The molecule has 0 saturated carbocycles. The molecular formula is C22H26ClN3O4S. The summed E-state index contributed by atoms with van der Waals surface area (Å²) >= 11 is 6.07. The van der Waals surface area contributed by atoms with Gasteiger partial charge < -0.3 is 10.6 Å². The van der Waals surface area contributed by atoms with Crippen molar-refractivity contribution in [3.8, 4) is 0 Å². The van der Waals surface area contributed by atoms with Gasteiger partial charge in [0.15, 0.2) is 0 Å². The zero-order valence-corrected chi connectivity index (χ0v) is 19.0. The lowest BCUT2D eigenvalue weighted by Gasteiger charge is -2.22. The number of nitrogens with one attached hydrogen (secondary N) is 3. The van der Waals surface area contributed by atoms with E-state index in [4.69, 9.17) is 11.6 Å². The summed E-state index contributed by atoms with van der Waals surface area (Å²) in [4.78, 5) is 25.3. The van der Waals surface area contributed by atoms with Crippen molar-refractivity contribution >= 4 is 39.1 Å². The highest BCUT2D eigenvalue weighted by Gasteiger charge is 2.25. The van der Waals surface area contributed by atoms with Crippen molar-refractivity contribution in [1.82, 2.24) is 10.0 Å². The van der Waals surface area contributed by atoms with Crippen molar-refractivity contribution in [1.29, 1.82) is 0 Å². The number of hydrogen-bond acceptors (Lipinski definition) is 4. The van der Waals surface area contributed by atoms with Crippen molar-refractivity contribution in [2.24, 2.45) is 5.92 Å². The molecule has 0 aliphatic rings. The van der Waals surface area contributed by atoms with Crippen LogP contribution in [0.4, 0.5) is 5.69 Å². The van der Waals surface area contributed by atoms with Crippen LogP contribution in [0.3, 0.4) is 0 Å². The Morgan fingerprint density at radius 2 is 1.74 bits per heavy atom. The fraction of sp³-hybridized carbons (Fsp3) is 0.273. The number of amides is 2. The van der Waals surface area contributed by atoms with Crippen molar-refractivity contribution in [3.63, 3.8) is 0 Å². The summed E-state index contributed by atoms with van der Waals surface area (Å²) in [6.45, 7) is 7.28. The number of halogens is 1. The van der Waals surface area contributed by atoms with E-state index in [9.17, 15) is 18.0 Å². The maximum absolute atomic E-state index is 12.8. The third-order valence-corrected chi connectivity index (χ3v) is 6.03. The normalized spacial score (nSPS) is 12.3. The Morgan fingerprint density at radius 1 is 1.10 bits per heavy atom. The molecule has 3 N–H and O–H groups in total. The first-order chi connectivity index (χ1) is 14.6. The minimum atomic E-state index is -3.47. The van der Waals surface area contributed by atoms with Crippen molar-refractivity contribution in [2.75, 3.05) is 11.9 Å². The van der Waals surface area contributed by atoms with E-state index in [2.05, 4.69) is 21.9 Å². The molecule has 0 radical (unpaired) electrons. The van der Waals surface area contributed by atoms with Gasteiger partial charge in [0.05, 0.1) is 16.3 Å². The second-order valence-corrected chi connectivity index (χ2v) is 9.47. The largest absolute Gasteiger partial charge is 0.340 e. The summed E-state index contributed by atoms with van der Waals surface area (Å²) < 4.78 is 26.3. The number of rotatable bonds is 10. The van der Waals surface area contributed by atoms with E-state index in [0.717, 1.165) is 0 Å². The zero-order valence-electron chi connectivity index (χ0n) is 17.4. The molecule has 1 unspecified atom stereocenters. The van der Waals surface area contributed by atoms with Crippen LogP contribution in [-0.2, 0) is 20.6 Å². The van der Waals surface area contributed by atoms with Gasteiger partial charge in [-0.1, -0.05) is 55.8 Å². The van der Waals surface area contributed by atoms with Crippen LogP contribution in [0, 0.1) is 5.92 Å². The average molecular weight is 464 g/mol. The molecule has 0 aliphatic heterocycles. The molecule has 2 aromatic rings. The lowest BCUT2D eigenvalue weighted by atomic mass is 10.0. The number of hydrogen-bond donors (Lipinski definition) is 3. The molecule has 31 heavy (non-hydrogen) atoms. The molecule has 0 saturated heterocycles. The maximum Gasteiger partial charge on any atom is 0.253 e. The first kappa shape index (κ1) is 24.6. The number of benzene rings is 2. The van der Waals surface area contributed by atoms with Gasteiger partial charge in [-0.3, -0.25) is 9.59 Å². The van der Waals surface area contributed by atoms with Crippen molar-refractivity contribution in [2.45, 2.75) is 25.6 Å². The predicted molar refractivity (Wildman–Crippen MR) is 123 cm³/mol. The van der Waals surface area contributed by atoms with Crippen LogP contribution >= 0.6 is 11.6 Å². The number of carbonyl (C=O) groups is 2. The topological polar surface area (TPSA) is 104 Å². The van der Waals surface area contributed by atoms with E-state index < -0.39 is 22.0 Å². The summed E-state index contributed by atoms with van der Waals surface area (Å²) in [5.41, 5.74) is 1.35. The Kier molecular flexibility index (Phi) is 8.79. The first-order valence-corrected chi connectivity index (χ1v) is 11.7. The smallest absolute Gasteiger partial charge is 0.253 e. The van der Waals surface area contributed by atoms with Crippen LogP contribution in [-0.4, -0.2) is 32.8 Å². The summed E-state index contributed by atoms with van der Waals surface area (Å²) in [5.74, 6) is -1.18. The number of sulfonamides is 1. The van der Waals surface area contributed by atoms with Gasteiger partial charge in [-0.15, -0.1) is 6.58 Å². The molecule has 9 heteroatoms. The molecule has 2 aromatic carbocycles. The van der Waals surface area contributed by atoms with Gasteiger partial charge in [0.1, 0.15) is 6.04 Å². The highest BCUT2D eigenvalue weighted by molar-refractivity contribution is 7.88. The lowest BCUT2D eigenvalue weighted by molar-refractivity contribution is -0.118. The monoisotopic (exact) mass is 463 g/mol. The Bertz CT molecular complexity index is 1040. The van der Waals surface area contributed by atoms with Crippen LogP contribution in [0.2, 0.25) is 5.02 Å². The standard InChI is InChI=1S/C22H26ClN3O4S/c1-4-13-24-31(29,30)14-16-9-11-17(12-10-16)25-22(28)20(15(2)3)26-21(27)18-7-5-6-8-19(18)23/h4-12,15,20,24H,1,13-14H2,2-3H3,(H,25,28)(H,26,27). The molecule has 0 aromatic heterocycles. The van der Waals surface area contributed by atoms with Gasteiger partial charge in [-0.25, -0.2) is 13.1 Å². The minimum absolute atomic E-state index is 0.160. The molecule has 1 atom stereocenters. The zero-order chi connectivity index (χ0) is 23.0. The van der Waals surface area contributed by atoms with E-state index in [0.29, 0.717) is 21.8 Å². The van der Waals surface area contributed by atoms with Crippen molar-refractivity contribution < 1.29 is 18.0 Å². The molecule has 166 valence electrons. The molecule has 0 fully saturated rings. The van der Waals surface area contributed by atoms with E-state index in [1.54, 1.807) is 48.5 Å². The lowest BCUT2D eigenvalue weighted by Crippen LogP contribution is -2.47. The fourth-order valence-electron chi connectivity index (χ4n) is 2.76. The second-order valence-electron chi connectivity index (χ2n) is 7.26. The van der Waals surface area contributed by atoms with Crippen LogP contribution in [0.15, 0.2) is 61.2 Å². The quantitative estimate of drug-likeness (QED) is 0.470. The summed E-state index contributed by atoms with van der Waals surface area (Å²) in [5, 5.41) is 5.78.